The van der Waals surface area contributed by atoms with Crippen LogP contribution in [0.1, 0.15) is 19.5 Å². The fraction of sp³-hybridized carbons (Fsp3) is 0.273. The van der Waals surface area contributed by atoms with Gasteiger partial charge in [-0.1, -0.05) is 5.21 Å². The Morgan fingerprint density at radius 2 is 2.16 bits per heavy atom. The van der Waals surface area contributed by atoms with Gasteiger partial charge in [0.2, 0.25) is 0 Å². The quantitative estimate of drug-likeness (QED) is 0.671. The average molecular weight is 266 g/mol. The number of nitro benzene ring substituents is 1. The molecule has 1 aromatic carbocycles. The molecule has 0 fully saturated rings. The van der Waals surface area contributed by atoms with Gasteiger partial charge in [-0.25, -0.2) is 9.07 Å². The van der Waals surface area contributed by atoms with Gasteiger partial charge in [-0.3, -0.25) is 10.1 Å². The monoisotopic (exact) mass is 266 g/mol. The van der Waals surface area contributed by atoms with Gasteiger partial charge in [-0.05, 0) is 19.9 Å². The molecule has 0 saturated carbocycles. The van der Waals surface area contributed by atoms with Gasteiger partial charge in [0.1, 0.15) is 22.8 Å². The number of rotatable bonds is 3. The highest BCUT2D eigenvalue weighted by atomic mass is 19.1. The number of non-ortho nitro benzene ring substituents is 1. The zero-order chi connectivity index (χ0) is 14.2. The highest BCUT2D eigenvalue weighted by Gasteiger charge is 2.21. The van der Waals surface area contributed by atoms with E-state index in [4.69, 9.17) is 0 Å². The third-order valence-corrected chi connectivity index (χ3v) is 2.51. The molecule has 2 aromatic rings. The molecule has 0 unspecified atom stereocenters. The molecular formula is C11H11FN4O3. The molecule has 0 spiro atoms. The van der Waals surface area contributed by atoms with Gasteiger partial charge in [0.25, 0.3) is 5.69 Å². The summed E-state index contributed by atoms with van der Waals surface area (Å²) < 4.78 is 14.7. The van der Waals surface area contributed by atoms with Gasteiger partial charge in [-0.2, -0.15) is 0 Å². The topological polar surface area (TPSA) is 94.1 Å². The van der Waals surface area contributed by atoms with Crippen molar-refractivity contribution in [1.82, 2.24) is 15.0 Å². The van der Waals surface area contributed by atoms with Gasteiger partial charge >= 0.3 is 0 Å². The number of hydrogen-bond acceptors (Lipinski definition) is 5. The lowest BCUT2D eigenvalue weighted by Gasteiger charge is -2.11. The third kappa shape index (κ3) is 2.58. The summed E-state index contributed by atoms with van der Waals surface area (Å²) in [5.74, 6) is -0.669. The van der Waals surface area contributed by atoms with E-state index in [-0.39, 0.29) is 17.1 Å². The summed E-state index contributed by atoms with van der Waals surface area (Å²) in [6.45, 7) is 3.01. The molecule has 1 N–H and O–H groups in total. The molecule has 1 aromatic heterocycles. The van der Waals surface area contributed by atoms with E-state index in [9.17, 15) is 19.6 Å². The number of benzene rings is 1. The number of aliphatic hydroxyl groups is 1. The van der Waals surface area contributed by atoms with Crippen LogP contribution in [0, 0.1) is 15.9 Å². The van der Waals surface area contributed by atoms with Crippen molar-refractivity contribution < 1.29 is 14.4 Å². The molecular weight excluding hydrogens is 255 g/mol. The Bertz CT molecular complexity index is 633. The van der Waals surface area contributed by atoms with Crippen LogP contribution in [0.15, 0.2) is 24.4 Å². The van der Waals surface area contributed by atoms with Crippen molar-refractivity contribution in [2.75, 3.05) is 0 Å². The highest BCUT2D eigenvalue weighted by Crippen LogP contribution is 2.22. The number of nitrogens with zero attached hydrogens (tertiary/aromatic N) is 4. The first-order valence-corrected chi connectivity index (χ1v) is 5.38. The molecule has 8 heteroatoms. The second-order valence-corrected chi connectivity index (χ2v) is 4.50. The predicted molar refractivity (Wildman–Crippen MR) is 63.2 cm³/mol. The summed E-state index contributed by atoms with van der Waals surface area (Å²) in [5.41, 5.74) is -1.34. The minimum atomic E-state index is -1.23. The van der Waals surface area contributed by atoms with Crippen molar-refractivity contribution in [2.24, 2.45) is 0 Å². The number of halogens is 1. The summed E-state index contributed by atoms with van der Waals surface area (Å²) in [6, 6.07) is 3.10. The summed E-state index contributed by atoms with van der Waals surface area (Å²) >= 11 is 0. The van der Waals surface area contributed by atoms with E-state index >= 15 is 0 Å². The van der Waals surface area contributed by atoms with E-state index in [2.05, 4.69) is 10.3 Å². The summed E-state index contributed by atoms with van der Waals surface area (Å²) in [7, 11) is 0. The molecule has 100 valence electrons. The van der Waals surface area contributed by atoms with Crippen LogP contribution in [-0.4, -0.2) is 25.0 Å². The Balaban J connectivity index is 2.49. The van der Waals surface area contributed by atoms with E-state index in [1.807, 2.05) is 0 Å². The predicted octanol–water partition coefficient (Wildman–Crippen LogP) is 1.54. The zero-order valence-electron chi connectivity index (χ0n) is 10.2. The third-order valence-electron chi connectivity index (χ3n) is 2.51. The maximum Gasteiger partial charge on any atom is 0.271 e. The van der Waals surface area contributed by atoms with Crippen molar-refractivity contribution in [3.05, 3.63) is 46.0 Å². The van der Waals surface area contributed by atoms with Gasteiger partial charge in [0.15, 0.2) is 0 Å². The molecule has 0 aliphatic carbocycles. The van der Waals surface area contributed by atoms with Gasteiger partial charge in [-0.15, -0.1) is 5.10 Å². The Hall–Kier alpha value is -2.35. The number of hydrogen-bond donors (Lipinski definition) is 1. The normalized spacial score (nSPS) is 11.6. The SMILES string of the molecule is CC(C)(O)c1cn(-c2cc([N+](=O)[O-])ccc2F)nn1. The van der Waals surface area contributed by atoms with Crippen LogP contribution in [0.4, 0.5) is 10.1 Å². The van der Waals surface area contributed by atoms with Crippen molar-refractivity contribution in [1.29, 1.82) is 0 Å². The summed E-state index contributed by atoms with van der Waals surface area (Å²) in [6.07, 6.45) is 1.32. The second-order valence-electron chi connectivity index (χ2n) is 4.50. The van der Waals surface area contributed by atoms with Gasteiger partial charge < -0.3 is 5.11 Å². The van der Waals surface area contributed by atoms with Crippen LogP contribution in [0.25, 0.3) is 5.69 Å². The van der Waals surface area contributed by atoms with Crippen LogP contribution < -0.4 is 0 Å². The Labute approximate surface area is 107 Å². The van der Waals surface area contributed by atoms with E-state index < -0.39 is 16.3 Å². The molecule has 7 nitrogen and oxygen atoms in total. The Morgan fingerprint density at radius 1 is 1.47 bits per heavy atom. The van der Waals surface area contributed by atoms with Crippen LogP contribution in [0.5, 0.6) is 0 Å². The van der Waals surface area contributed by atoms with Gasteiger partial charge in [0.05, 0.1) is 11.1 Å². The minimum absolute atomic E-state index is 0.0998. The van der Waals surface area contributed by atoms with E-state index in [0.717, 1.165) is 22.9 Å². The second kappa shape index (κ2) is 4.39. The van der Waals surface area contributed by atoms with E-state index in [0.29, 0.717) is 0 Å². The van der Waals surface area contributed by atoms with Crippen molar-refractivity contribution in [3.8, 4) is 5.69 Å². The fourth-order valence-electron chi connectivity index (χ4n) is 1.45. The molecule has 0 bridgehead atoms. The maximum absolute atomic E-state index is 13.7. The molecule has 0 atom stereocenters. The zero-order valence-corrected chi connectivity index (χ0v) is 10.2. The first-order chi connectivity index (χ1) is 8.79. The average Bonchev–Trinajstić information content (AvgIpc) is 2.78. The molecule has 0 saturated heterocycles. The highest BCUT2D eigenvalue weighted by molar-refractivity contribution is 5.43. The molecule has 2 rings (SSSR count). The molecule has 0 aliphatic rings. The Kier molecular flexibility index (Phi) is 3.03. The molecule has 0 aliphatic heterocycles. The van der Waals surface area contributed by atoms with Crippen LogP contribution in [0.3, 0.4) is 0 Å². The summed E-state index contributed by atoms with van der Waals surface area (Å²) in [5, 5.41) is 27.8. The van der Waals surface area contributed by atoms with Crippen molar-refractivity contribution in [2.45, 2.75) is 19.4 Å². The molecule has 19 heavy (non-hydrogen) atoms. The first-order valence-electron chi connectivity index (χ1n) is 5.38. The van der Waals surface area contributed by atoms with Crippen LogP contribution in [0.2, 0.25) is 0 Å². The van der Waals surface area contributed by atoms with Crippen molar-refractivity contribution >= 4 is 5.69 Å². The molecule has 0 amide bonds. The van der Waals surface area contributed by atoms with Crippen LogP contribution >= 0.6 is 0 Å². The van der Waals surface area contributed by atoms with Crippen LogP contribution in [-0.2, 0) is 5.60 Å². The van der Waals surface area contributed by atoms with E-state index in [1.54, 1.807) is 0 Å². The lowest BCUT2D eigenvalue weighted by atomic mass is 10.1. The smallest absolute Gasteiger partial charge is 0.271 e. The van der Waals surface area contributed by atoms with E-state index in [1.165, 1.54) is 20.0 Å². The standard InChI is InChI=1S/C11H11FN4O3/c1-11(2,17)10-6-15(14-13-10)9-5-7(16(18)19)3-4-8(9)12/h3-6,17H,1-2H3. The number of aromatic nitrogens is 3. The lowest BCUT2D eigenvalue weighted by molar-refractivity contribution is -0.384. The lowest BCUT2D eigenvalue weighted by Crippen LogP contribution is -2.15. The molecule has 1 heterocycles. The summed E-state index contributed by atoms with van der Waals surface area (Å²) in [4.78, 5) is 10.0. The number of nitro groups is 1. The molecule has 0 radical (unpaired) electrons. The Morgan fingerprint density at radius 3 is 2.68 bits per heavy atom. The minimum Gasteiger partial charge on any atom is -0.384 e. The maximum atomic E-state index is 13.7. The first kappa shape index (κ1) is 13.1. The fourth-order valence-corrected chi connectivity index (χ4v) is 1.45. The largest absolute Gasteiger partial charge is 0.384 e. The van der Waals surface area contributed by atoms with Crippen molar-refractivity contribution in [3.63, 3.8) is 0 Å². The van der Waals surface area contributed by atoms with Gasteiger partial charge in [0, 0.05) is 12.1 Å².